The highest BCUT2D eigenvalue weighted by molar-refractivity contribution is 5.84. The molecule has 182 valence electrons. The molecule has 0 spiro atoms. The van der Waals surface area contributed by atoms with Gasteiger partial charge in [-0.25, -0.2) is 0 Å². The van der Waals surface area contributed by atoms with Crippen LogP contribution < -0.4 is 10.1 Å². The van der Waals surface area contributed by atoms with E-state index in [1.54, 1.807) is 24.4 Å². The van der Waals surface area contributed by atoms with Crippen molar-refractivity contribution in [2.45, 2.75) is 58.3 Å². The van der Waals surface area contributed by atoms with Gasteiger partial charge in [0.15, 0.2) is 12.2 Å². The Hall–Kier alpha value is -3.73. The molecule has 1 N–H and O–H groups in total. The van der Waals surface area contributed by atoms with Gasteiger partial charge in [-0.15, -0.1) is 0 Å². The third-order valence-electron chi connectivity index (χ3n) is 4.91. The number of nitrogens with one attached hydrogen (secondary N) is 1. The van der Waals surface area contributed by atoms with Gasteiger partial charge in [0.2, 0.25) is 12.2 Å². The molecule has 1 aromatic heterocycles. The third kappa shape index (κ3) is 6.19. The minimum Gasteiger partial charge on any atom is -0.463 e. The predicted octanol–water partition coefficient (Wildman–Crippen LogP) is 1.27. The number of pyridine rings is 1. The van der Waals surface area contributed by atoms with Crippen LogP contribution in [-0.2, 0) is 38.1 Å². The van der Waals surface area contributed by atoms with E-state index in [1.165, 1.54) is 27.7 Å². The van der Waals surface area contributed by atoms with Crippen molar-refractivity contribution in [1.29, 1.82) is 0 Å². The second kappa shape index (κ2) is 10.9. The van der Waals surface area contributed by atoms with Crippen molar-refractivity contribution >= 4 is 34.7 Å². The molecule has 5 atom stereocenters. The fraction of sp³-hybridized carbons (Fsp3) is 0.435. The Morgan fingerprint density at radius 1 is 0.941 bits per heavy atom. The predicted molar refractivity (Wildman–Crippen MR) is 116 cm³/mol. The summed E-state index contributed by atoms with van der Waals surface area (Å²) in [6.45, 7) is 4.52. The van der Waals surface area contributed by atoms with Gasteiger partial charge in [0.05, 0.1) is 0 Å². The van der Waals surface area contributed by atoms with Crippen LogP contribution in [0.5, 0.6) is 5.75 Å². The zero-order chi connectivity index (χ0) is 24.8. The Morgan fingerprint density at radius 2 is 1.62 bits per heavy atom. The number of amides is 1. The van der Waals surface area contributed by atoms with Gasteiger partial charge in [0.25, 0.3) is 0 Å². The second-order valence-electron chi connectivity index (χ2n) is 7.67. The first-order chi connectivity index (χ1) is 16.2. The lowest BCUT2D eigenvalue weighted by molar-refractivity contribution is -0.257. The van der Waals surface area contributed by atoms with Crippen LogP contribution in [0.25, 0.3) is 10.9 Å². The Labute approximate surface area is 195 Å². The van der Waals surface area contributed by atoms with Gasteiger partial charge in [0, 0.05) is 39.3 Å². The maximum atomic E-state index is 12.0. The van der Waals surface area contributed by atoms with Gasteiger partial charge < -0.3 is 29.0 Å². The van der Waals surface area contributed by atoms with E-state index in [1.807, 2.05) is 12.1 Å². The molecule has 11 nitrogen and oxygen atoms in total. The van der Waals surface area contributed by atoms with Gasteiger partial charge in [0.1, 0.15) is 30.0 Å². The lowest BCUT2D eigenvalue weighted by atomic mass is 9.96. The first-order valence-electron chi connectivity index (χ1n) is 10.6. The van der Waals surface area contributed by atoms with Crippen LogP contribution in [0.4, 0.5) is 0 Å². The first-order valence-corrected chi connectivity index (χ1v) is 10.6. The molecule has 1 aromatic carbocycles. The number of fused-ring (bicyclic) bond motifs is 1. The highest BCUT2D eigenvalue weighted by atomic mass is 16.7. The quantitative estimate of drug-likeness (QED) is 0.461. The topological polar surface area (TPSA) is 139 Å². The highest BCUT2D eigenvalue weighted by Gasteiger charge is 2.52. The second-order valence-corrected chi connectivity index (χ2v) is 7.67. The van der Waals surface area contributed by atoms with Gasteiger partial charge in [-0.2, -0.15) is 0 Å². The molecule has 1 saturated heterocycles. The average molecular weight is 474 g/mol. The number of aromatic nitrogens is 1. The molecular weight excluding hydrogens is 448 g/mol. The number of para-hydroxylation sites is 1. The summed E-state index contributed by atoms with van der Waals surface area (Å²) in [6, 6.07) is 7.84. The number of hydrogen-bond acceptors (Lipinski definition) is 10. The standard InChI is InChI=1S/C23H26N2O9/c1-12(26)25-20-22(32-15(4)29)21(31-14(3)28)18(11-30-13(2)27)34-23(20)33-17-9-5-7-16-8-6-10-24-19(16)17/h5-10,18,20-23H,11H2,1-4H3,(H,25,26)/t18-,20+,21-,22+,23-/m1/s1. The van der Waals surface area contributed by atoms with Gasteiger partial charge >= 0.3 is 17.9 Å². The molecule has 3 rings (SSSR count). The summed E-state index contributed by atoms with van der Waals surface area (Å²) in [7, 11) is 0. The van der Waals surface area contributed by atoms with Crippen molar-refractivity contribution in [3.63, 3.8) is 0 Å². The molecule has 1 amide bonds. The smallest absolute Gasteiger partial charge is 0.303 e. The molecule has 0 saturated carbocycles. The molecular formula is C23H26N2O9. The van der Waals surface area contributed by atoms with Gasteiger partial charge in [-0.05, 0) is 12.1 Å². The molecule has 1 fully saturated rings. The van der Waals surface area contributed by atoms with Crippen molar-refractivity contribution in [2.75, 3.05) is 6.61 Å². The molecule has 2 heterocycles. The van der Waals surface area contributed by atoms with Crippen LogP contribution in [-0.4, -0.2) is 66.0 Å². The molecule has 11 heteroatoms. The number of ether oxygens (including phenoxy) is 5. The van der Waals surface area contributed by atoms with E-state index in [-0.39, 0.29) is 6.61 Å². The SMILES string of the molecule is CC(=O)N[C@@H]1[C@H](Oc2cccc3cccnc23)O[C@H](COC(C)=O)[C@@H](OC(C)=O)[C@H]1OC(C)=O. The molecule has 1 aliphatic heterocycles. The zero-order valence-electron chi connectivity index (χ0n) is 19.2. The average Bonchev–Trinajstić information content (AvgIpc) is 2.75. The Balaban J connectivity index is 2.03. The van der Waals surface area contributed by atoms with E-state index in [0.29, 0.717) is 11.3 Å². The number of rotatable bonds is 7. The van der Waals surface area contributed by atoms with E-state index in [2.05, 4.69) is 10.3 Å². The zero-order valence-corrected chi connectivity index (χ0v) is 19.2. The van der Waals surface area contributed by atoms with Crippen LogP contribution in [0.3, 0.4) is 0 Å². The van der Waals surface area contributed by atoms with Crippen molar-refractivity contribution < 1.29 is 42.9 Å². The summed E-state index contributed by atoms with van der Waals surface area (Å²) in [6.07, 6.45) is -3.07. The molecule has 0 unspecified atom stereocenters. The number of benzene rings is 1. The number of esters is 3. The van der Waals surface area contributed by atoms with E-state index >= 15 is 0 Å². The van der Waals surface area contributed by atoms with E-state index in [4.69, 9.17) is 23.7 Å². The molecule has 0 bridgehead atoms. The monoisotopic (exact) mass is 474 g/mol. The lowest BCUT2D eigenvalue weighted by Crippen LogP contribution is -2.67. The van der Waals surface area contributed by atoms with Crippen molar-refractivity contribution in [3.8, 4) is 5.75 Å². The van der Waals surface area contributed by atoms with Crippen molar-refractivity contribution in [3.05, 3.63) is 36.5 Å². The molecule has 0 radical (unpaired) electrons. The molecule has 34 heavy (non-hydrogen) atoms. The Morgan fingerprint density at radius 3 is 2.26 bits per heavy atom. The van der Waals surface area contributed by atoms with Crippen LogP contribution in [0, 0.1) is 0 Å². The molecule has 1 aliphatic rings. The van der Waals surface area contributed by atoms with E-state index in [9.17, 15) is 19.2 Å². The van der Waals surface area contributed by atoms with Crippen LogP contribution in [0.1, 0.15) is 27.7 Å². The van der Waals surface area contributed by atoms with E-state index < -0.39 is 54.5 Å². The summed E-state index contributed by atoms with van der Waals surface area (Å²) in [4.78, 5) is 51.6. The minimum absolute atomic E-state index is 0.314. The summed E-state index contributed by atoms with van der Waals surface area (Å²) in [5.74, 6) is -2.07. The number of nitrogens with zero attached hydrogens (tertiary/aromatic N) is 1. The number of hydrogen-bond donors (Lipinski definition) is 1. The fourth-order valence-electron chi connectivity index (χ4n) is 3.69. The number of carbonyl (C=O) groups is 4. The first kappa shape index (κ1) is 24.9. The normalized spacial score (nSPS) is 24.1. The van der Waals surface area contributed by atoms with Crippen LogP contribution in [0.2, 0.25) is 0 Å². The fourth-order valence-corrected chi connectivity index (χ4v) is 3.69. The largest absolute Gasteiger partial charge is 0.463 e. The summed E-state index contributed by atoms with van der Waals surface area (Å²) in [5.41, 5.74) is 0.540. The molecule has 2 aromatic rings. The van der Waals surface area contributed by atoms with Gasteiger partial charge in [-0.1, -0.05) is 18.2 Å². The Bertz CT molecular complexity index is 1070. The van der Waals surface area contributed by atoms with Crippen LogP contribution >= 0.6 is 0 Å². The third-order valence-corrected chi connectivity index (χ3v) is 4.91. The molecule has 0 aliphatic carbocycles. The van der Waals surface area contributed by atoms with Crippen LogP contribution in [0.15, 0.2) is 36.5 Å². The Kier molecular flexibility index (Phi) is 8.00. The minimum atomic E-state index is -1.21. The van der Waals surface area contributed by atoms with E-state index in [0.717, 1.165) is 5.39 Å². The van der Waals surface area contributed by atoms with Crippen molar-refractivity contribution in [1.82, 2.24) is 10.3 Å². The maximum Gasteiger partial charge on any atom is 0.303 e. The summed E-state index contributed by atoms with van der Waals surface area (Å²) < 4.78 is 28.1. The van der Waals surface area contributed by atoms with Crippen molar-refractivity contribution in [2.24, 2.45) is 0 Å². The van der Waals surface area contributed by atoms with Gasteiger partial charge in [-0.3, -0.25) is 24.2 Å². The number of carbonyl (C=O) groups excluding carboxylic acids is 4. The lowest BCUT2D eigenvalue weighted by Gasteiger charge is -2.44. The summed E-state index contributed by atoms with van der Waals surface area (Å²) in [5, 5.41) is 3.46. The summed E-state index contributed by atoms with van der Waals surface area (Å²) >= 11 is 0. The maximum absolute atomic E-state index is 12.0. The highest BCUT2D eigenvalue weighted by Crippen LogP contribution is 2.31.